The molecule has 2 aromatic rings. The van der Waals surface area contributed by atoms with E-state index in [0.29, 0.717) is 17.5 Å². The average Bonchev–Trinajstić information content (AvgIpc) is 3.09. The van der Waals surface area contributed by atoms with Gasteiger partial charge in [0.15, 0.2) is 5.13 Å². The third-order valence-electron chi connectivity index (χ3n) is 4.97. The molecule has 1 aromatic carbocycles. The first kappa shape index (κ1) is 19.5. The van der Waals surface area contributed by atoms with Crippen molar-refractivity contribution in [3.05, 3.63) is 47.0 Å². The summed E-state index contributed by atoms with van der Waals surface area (Å²) in [6.45, 7) is 5.32. The van der Waals surface area contributed by atoms with E-state index in [1.54, 1.807) is 0 Å². The maximum absolute atomic E-state index is 12.6. The first-order valence-electron chi connectivity index (χ1n) is 9.58. The van der Waals surface area contributed by atoms with Crippen LogP contribution in [-0.2, 0) is 22.4 Å². The summed E-state index contributed by atoms with van der Waals surface area (Å²) in [6, 6.07) is 10.6. The number of likely N-dealkylation sites (tertiary alicyclic amines) is 1. The number of carbonyl (C=O) groups excluding carboxylic acids is 2. The lowest BCUT2D eigenvalue weighted by atomic mass is 9.90. The third-order valence-corrected chi connectivity index (χ3v) is 5.78. The molecule has 1 aliphatic rings. The number of piperidine rings is 1. The molecule has 144 valence electrons. The van der Waals surface area contributed by atoms with E-state index in [4.69, 9.17) is 0 Å². The minimum atomic E-state index is -0.0869. The lowest BCUT2D eigenvalue weighted by Crippen LogP contribution is -2.39. The van der Waals surface area contributed by atoms with Crippen molar-refractivity contribution in [2.24, 2.45) is 11.8 Å². The van der Waals surface area contributed by atoms with Crippen LogP contribution in [-0.4, -0.2) is 34.8 Å². The Kier molecular flexibility index (Phi) is 6.61. The number of anilines is 1. The quantitative estimate of drug-likeness (QED) is 0.823. The third kappa shape index (κ3) is 5.63. The molecule has 5 nitrogen and oxygen atoms in total. The van der Waals surface area contributed by atoms with Gasteiger partial charge in [-0.3, -0.25) is 9.59 Å². The van der Waals surface area contributed by atoms with Crippen LogP contribution >= 0.6 is 11.3 Å². The normalized spacial score (nSPS) is 15.1. The van der Waals surface area contributed by atoms with Crippen LogP contribution in [0.15, 0.2) is 35.7 Å². The van der Waals surface area contributed by atoms with Crippen molar-refractivity contribution in [3.8, 4) is 0 Å². The summed E-state index contributed by atoms with van der Waals surface area (Å²) in [5.41, 5.74) is 2.11. The fourth-order valence-electron chi connectivity index (χ4n) is 3.30. The number of nitrogens with zero attached hydrogens (tertiary/aromatic N) is 2. The van der Waals surface area contributed by atoms with Crippen molar-refractivity contribution >= 4 is 28.3 Å². The molecule has 1 aliphatic heterocycles. The van der Waals surface area contributed by atoms with Gasteiger partial charge in [0.2, 0.25) is 11.8 Å². The summed E-state index contributed by atoms with van der Waals surface area (Å²) in [7, 11) is 0. The number of benzene rings is 1. The molecule has 2 amide bonds. The van der Waals surface area contributed by atoms with Gasteiger partial charge in [0, 0.05) is 24.4 Å². The minimum absolute atomic E-state index is 0.0530. The van der Waals surface area contributed by atoms with Crippen LogP contribution in [0.25, 0.3) is 0 Å². The van der Waals surface area contributed by atoms with Crippen LogP contribution in [0.5, 0.6) is 0 Å². The van der Waals surface area contributed by atoms with Crippen molar-refractivity contribution in [3.63, 3.8) is 0 Å². The fourth-order valence-corrected chi connectivity index (χ4v) is 4.01. The Balaban J connectivity index is 1.46. The number of amides is 2. The van der Waals surface area contributed by atoms with E-state index in [-0.39, 0.29) is 17.7 Å². The van der Waals surface area contributed by atoms with E-state index in [0.717, 1.165) is 38.0 Å². The summed E-state index contributed by atoms with van der Waals surface area (Å²) in [5.74, 6) is 0.632. The van der Waals surface area contributed by atoms with E-state index < -0.39 is 0 Å². The van der Waals surface area contributed by atoms with Crippen LogP contribution in [0.2, 0.25) is 0 Å². The Morgan fingerprint density at radius 1 is 1.22 bits per heavy atom. The van der Waals surface area contributed by atoms with E-state index in [2.05, 4.69) is 34.6 Å². The van der Waals surface area contributed by atoms with Gasteiger partial charge >= 0.3 is 0 Å². The molecule has 0 atom stereocenters. The molecule has 0 radical (unpaired) electrons. The molecule has 1 saturated heterocycles. The van der Waals surface area contributed by atoms with Gasteiger partial charge in [-0.25, -0.2) is 4.98 Å². The molecular formula is C21H27N3O2S. The topological polar surface area (TPSA) is 62.3 Å². The van der Waals surface area contributed by atoms with Gasteiger partial charge in [-0.1, -0.05) is 44.2 Å². The molecule has 0 spiro atoms. The van der Waals surface area contributed by atoms with Crippen molar-refractivity contribution in [2.75, 3.05) is 18.4 Å². The molecule has 6 heteroatoms. The number of carbonyl (C=O) groups is 2. The minimum Gasteiger partial charge on any atom is -0.342 e. The molecule has 0 saturated carbocycles. The Morgan fingerprint density at radius 3 is 2.59 bits per heavy atom. The summed E-state index contributed by atoms with van der Waals surface area (Å²) < 4.78 is 0. The molecule has 0 unspecified atom stereocenters. The molecule has 2 heterocycles. The molecule has 0 bridgehead atoms. The molecule has 27 heavy (non-hydrogen) atoms. The first-order chi connectivity index (χ1) is 13.0. The van der Waals surface area contributed by atoms with E-state index in [1.165, 1.54) is 16.9 Å². The zero-order valence-electron chi connectivity index (χ0n) is 16.0. The maximum atomic E-state index is 12.6. The average molecular weight is 386 g/mol. The highest BCUT2D eigenvalue weighted by Crippen LogP contribution is 2.23. The van der Waals surface area contributed by atoms with Crippen LogP contribution in [0.4, 0.5) is 5.13 Å². The van der Waals surface area contributed by atoms with Crippen LogP contribution in [0, 0.1) is 11.8 Å². The lowest BCUT2D eigenvalue weighted by molar-refractivity contribution is -0.131. The number of hydrogen-bond acceptors (Lipinski definition) is 4. The monoisotopic (exact) mass is 385 g/mol. The van der Waals surface area contributed by atoms with Gasteiger partial charge in [-0.05, 0) is 30.7 Å². The molecular weight excluding hydrogens is 358 g/mol. The van der Waals surface area contributed by atoms with Crippen LogP contribution in [0.3, 0.4) is 0 Å². The Bertz CT molecular complexity index is 765. The standard InChI is InChI=1S/C21H27N3O2S/c1-15(2)20(26)23-21-22-18(14-27-21)13-19(25)24-10-8-17(9-11-24)12-16-6-4-3-5-7-16/h3-7,14-15,17H,8-13H2,1-2H3,(H,22,23,26). The van der Waals surface area contributed by atoms with Gasteiger partial charge in [-0.2, -0.15) is 0 Å². The van der Waals surface area contributed by atoms with Crippen LogP contribution < -0.4 is 5.32 Å². The first-order valence-corrected chi connectivity index (χ1v) is 10.5. The smallest absolute Gasteiger partial charge is 0.228 e. The van der Waals surface area contributed by atoms with Crippen molar-refractivity contribution in [1.82, 2.24) is 9.88 Å². The second kappa shape index (κ2) is 9.13. The highest BCUT2D eigenvalue weighted by molar-refractivity contribution is 7.13. The van der Waals surface area contributed by atoms with E-state index >= 15 is 0 Å². The zero-order chi connectivity index (χ0) is 19.2. The summed E-state index contributed by atoms with van der Waals surface area (Å²) in [5, 5.41) is 5.21. The Morgan fingerprint density at radius 2 is 1.93 bits per heavy atom. The number of rotatable bonds is 6. The highest BCUT2D eigenvalue weighted by atomic mass is 32.1. The predicted molar refractivity (Wildman–Crippen MR) is 109 cm³/mol. The molecule has 1 N–H and O–H groups in total. The Labute approximate surface area is 164 Å². The number of hydrogen-bond donors (Lipinski definition) is 1. The molecule has 1 aromatic heterocycles. The van der Waals surface area contributed by atoms with Gasteiger partial charge in [0.25, 0.3) is 0 Å². The number of thiazole rings is 1. The second-order valence-corrected chi connectivity index (χ2v) is 8.34. The molecule has 3 rings (SSSR count). The maximum Gasteiger partial charge on any atom is 0.228 e. The van der Waals surface area contributed by atoms with Crippen LogP contribution in [0.1, 0.15) is 37.9 Å². The molecule has 0 aliphatic carbocycles. The predicted octanol–water partition coefficient (Wildman–Crippen LogP) is 3.76. The largest absolute Gasteiger partial charge is 0.342 e. The second-order valence-electron chi connectivity index (χ2n) is 7.48. The lowest BCUT2D eigenvalue weighted by Gasteiger charge is -2.32. The van der Waals surface area contributed by atoms with Gasteiger partial charge in [0.1, 0.15) is 0 Å². The summed E-state index contributed by atoms with van der Waals surface area (Å²) in [6.07, 6.45) is 3.49. The van der Waals surface area contributed by atoms with E-state index in [1.807, 2.05) is 30.2 Å². The highest BCUT2D eigenvalue weighted by Gasteiger charge is 2.23. The van der Waals surface area contributed by atoms with Gasteiger partial charge in [-0.15, -0.1) is 11.3 Å². The van der Waals surface area contributed by atoms with Gasteiger partial charge < -0.3 is 10.2 Å². The summed E-state index contributed by atoms with van der Waals surface area (Å²) in [4.78, 5) is 30.6. The van der Waals surface area contributed by atoms with E-state index in [9.17, 15) is 9.59 Å². The zero-order valence-corrected chi connectivity index (χ0v) is 16.8. The number of nitrogens with one attached hydrogen (secondary N) is 1. The fraction of sp³-hybridized carbons (Fsp3) is 0.476. The Hall–Kier alpha value is -2.21. The number of aromatic nitrogens is 1. The van der Waals surface area contributed by atoms with Gasteiger partial charge in [0.05, 0.1) is 12.1 Å². The van der Waals surface area contributed by atoms with Crippen molar-refractivity contribution in [1.29, 1.82) is 0 Å². The SMILES string of the molecule is CC(C)C(=O)Nc1nc(CC(=O)N2CCC(Cc3ccccc3)CC2)cs1. The van der Waals surface area contributed by atoms with Crippen molar-refractivity contribution in [2.45, 2.75) is 39.5 Å². The van der Waals surface area contributed by atoms with Crippen molar-refractivity contribution < 1.29 is 9.59 Å². The summed E-state index contributed by atoms with van der Waals surface area (Å²) >= 11 is 1.37. The molecule has 1 fully saturated rings.